The standard InChI is InChI=1S/C35H66IN7O14.C26H45IN4O11.C3H9NO2.2Gd.2H2O/c1-2-41(29(34(54)55)7-4-10-32(52)38-19-27(49)23-46)14-15-42(25(21-44)6-3-9-31(51)37-18-26(48)22-45)16-17-43(13-12-40-36)30(35(56)57)8-5-11-33(53)39-20-28(50)24-47;1-2-29(20(25(39)40)7-4-10-23(35)36)14-15-30(19(18-32)6-3-9-22(33)34)16-17-31(13-12-28-27)21(26(41)42)8-5-11-24(37)38;4-1-3(6)2-5;;;;/h21,25-30,40,45-50H,2-20,22-24H2,1H3,(H,37,51)(H,38,52)(H,39,53)(H,54,55)(H,56,57);18-21,28H,2-17H2,1H3,(H,33,34)(H,35,36)(H,37,38)(H,39,40)(H,41,42);3,5-6H,1-2,4H2;;;2*1H2/q;;;2*+3;;/p-5. The van der Waals surface area contributed by atoms with E-state index in [1.165, 1.54) is 0 Å². The third-order valence-corrected chi connectivity index (χ3v) is 17.7. The summed E-state index contributed by atoms with van der Waals surface area (Å²) in [6.45, 7) is 4.39. The van der Waals surface area contributed by atoms with Crippen molar-refractivity contribution in [2.75, 3.05) is 144 Å². The van der Waals surface area contributed by atoms with Gasteiger partial charge < -0.3 is 138 Å². The summed E-state index contributed by atoms with van der Waals surface area (Å²) in [4.78, 5) is 153. The number of nitrogens with two attached hydrogens (primary N) is 1. The summed E-state index contributed by atoms with van der Waals surface area (Å²) in [5, 5.41) is 154. The van der Waals surface area contributed by atoms with Crippen molar-refractivity contribution in [3.05, 3.63) is 0 Å². The van der Waals surface area contributed by atoms with E-state index in [2.05, 4.69) is 23.0 Å². The van der Waals surface area contributed by atoms with Gasteiger partial charge in [-0.05, 0) is 90.1 Å². The van der Waals surface area contributed by atoms with Gasteiger partial charge in [-0.15, -0.1) is 0 Å². The summed E-state index contributed by atoms with van der Waals surface area (Å²) in [6, 6.07) is -5.86. The number of aliphatic hydroxyl groups is 8. The number of nitrogens with one attached hydrogen (secondary N) is 5. The Morgan fingerprint density at radius 3 is 0.835 bits per heavy atom. The predicted molar refractivity (Wildman–Crippen MR) is 392 cm³/mol. The molecule has 0 aromatic heterocycles. The zero-order valence-corrected chi connectivity index (χ0v) is 70.7. The van der Waals surface area contributed by atoms with Gasteiger partial charge in [-0.25, -0.2) is 0 Å². The Morgan fingerprint density at radius 1 is 0.394 bits per heavy atom. The Bertz CT molecular complexity index is 2440. The minimum atomic E-state index is -1.37. The summed E-state index contributed by atoms with van der Waals surface area (Å²) < 4.78 is 5.86. The molecule has 0 spiro atoms. The molecule has 10 unspecified atom stereocenters. The number of amides is 3. The number of likely N-dealkylation sites (N-methyl/N-ethyl adjacent to an activating group) is 2. The van der Waals surface area contributed by atoms with Crippen molar-refractivity contribution in [1.82, 2.24) is 52.4 Å². The summed E-state index contributed by atoms with van der Waals surface area (Å²) in [6.07, 6.45) is -1.72. The third kappa shape index (κ3) is 62.4. The van der Waals surface area contributed by atoms with Gasteiger partial charge in [0.1, 0.15) is 12.6 Å². The van der Waals surface area contributed by atoms with Crippen LogP contribution in [0.5, 0.6) is 0 Å². The van der Waals surface area contributed by atoms with Crippen LogP contribution in [0.1, 0.15) is 129 Å². The fourth-order valence-electron chi connectivity index (χ4n) is 10.6. The molecule has 0 aromatic carbocycles. The molecule has 21 N–H and O–H groups in total. The Balaban J connectivity index is -0.000000354. The fraction of sp³-hybridized carbons (Fsp3) is 0.812. The minimum Gasteiger partial charge on any atom is -0.870 e. The first kappa shape index (κ1) is 120. The van der Waals surface area contributed by atoms with Crippen molar-refractivity contribution in [2.45, 2.75) is 190 Å². The third-order valence-electron chi connectivity index (χ3n) is 16.6. The summed E-state index contributed by atoms with van der Waals surface area (Å²) in [5.41, 5.74) is 4.87. The van der Waals surface area contributed by atoms with Crippen LogP contribution in [0.15, 0.2) is 0 Å². The van der Waals surface area contributed by atoms with Crippen molar-refractivity contribution < 1.29 is 225 Å². The maximum absolute atomic E-state index is 12.5. The molecule has 0 saturated carbocycles. The summed E-state index contributed by atoms with van der Waals surface area (Å²) >= 11 is 3.83. The first-order valence-electron chi connectivity index (χ1n) is 35.0. The van der Waals surface area contributed by atoms with Gasteiger partial charge in [0.2, 0.25) is 17.7 Å². The zero-order chi connectivity index (χ0) is 80.2. The fourth-order valence-corrected chi connectivity index (χ4v) is 11.1. The number of carboxylic acid groups (broad SMARTS) is 7. The van der Waals surface area contributed by atoms with Crippen molar-refractivity contribution >= 4 is 118 Å². The number of carbonyl (C=O) groups excluding carboxylic acids is 9. The number of aliphatic hydroxyl groups excluding tert-OH is 8. The number of hydrogen-bond acceptors (Lipinski definition) is 34. The molecule has 0 saturated heterocycles. The molecular formula is C64H119Gd2I2N12O29+. The van der Waals surface area contributed by atoms with Gasteiger partial charge >= 0.3 is 97.8 Å². The van der Waals surface area contributed by atoms with E-state index in [-0.39, 0.29) is 311 Å². The Kier molecular flexibility index (Phi) is 84.1. The van der Waals surface area contributed by atoms with E-state index in [1.807, 2.05) is 45.7 Å². The van der Waals surface area contributed by atoms with E-state index >= 15 is 0 Å². The van der Waals surface area contributed by atoms with E-state index in [4.69, 9.17) is 46.6 Å². The van der Waals surface area contributed by atoms with E-state index in [1.54, 1.807) is 43.2 Å². The molecule has 0 aromatic rings. The van der Waals surface area contributed by atoms with Crippen LogP contribution in [-0.2, 0) is 57.5 Å². The largest absolute Gasteiger partial charge is 3.00 e. The molecule has 41 nitrogen and oxygen atoms in total. The maximum Gasteiger partial charge on any atom is 3.00 e. The predicted octanol–water partition coefficient (Wildman–Crippen LogP) is -10.7. The number of hydrogen-bond donors (Lipinski definition) is 17. The molecule has 45 heteroatoms. The topological polar surface area (TPSA) is 687 Å². The summed E-state index contributed by atoms with van der Waals surface area (Å²) in [5.74, 6) is -9.82. The second-order valence-corrected chi connectivity index (χ2v) is 26.0. The minimum absolute atomic E-state index is 0. The van der Waals surface area contributed by atoms with Crippen molar-refractivity contribution in [3.8, 4) is 0 Å². The van der Waals surface area contributed by atoms with E-state index in [0.29, 0.717) is 32.2 Å². The van der Waals surface area contributed by atoms with Crippen LogP contribution in [0.3, 0.4) is 0 Å². The number of aldehydes is 2. The quantitative estimate of drug-likeness (QED) is 0.0153. The molecule has 638 valence electrons. The molecule has 0 aliphatic heterocycles. The number of carboxylic acids is 7. The van der Waals surface area contributed by atoms with E-state index in [0.717, 1.165) is 0 Å². The van der Waals surface area contributed by atoms with Crippen LogP contribution in [0.2, 0.25) is 0 Å². The van der Waals surface area contributed by atoms with Crippen LogP contribution >= 0.6 is 45.7 Å². The molecule has 2 radical (unpaired) electrons. The number of halogens is 2. The number of carbonyl (C=O) groups is 12. The molecule has 0 aliphatic carbocycles. The molecular weight excluding hydrogens is 1970 g/mol. The monoisotopic (exact) mass is 2090 g/mol. The number of aliphatic carboxylic acids is 7. The van der Waals surface area contributed by atoms with Gasteiger partial charge in [0.05, 0.1) is 86.8 Å². The first-order chi connectivity index (χ1) is 49.8. The Hall–Kier alpha value is -2.61. The summed E-state index contributed by atoms with van der Waals surface area (Å²) in [7, 11) is 0. The average molecular weight is 2090 g/mol. The van der Waals surface area contributed by atoms with Gasteiger partial charge in [0, 0.05) is 213 Å². The van der Waals surface area contributed by atoms with Crippen LogP contribution in [0.4, 0.5) is 0 Å². The molecule has 0 fully saturated rings. The van der Waals surface area contributed by atoms with Crippen LogP contribution in [0.25, 0.3) is 0 Å². The van der Waals surface area contributed by atoms with Crippen molar-refractivity contribution in [2.24, 2.45) is 5.73 Å². The molecule has 0 bridgehead atoms. The van der Waals surface area contributed by atoms with E-state index < -0.39 is 140 Å². The van der Waals surface area contributed by atoms with E-state index in [9.17, 15) is 93.3 Å². The second kappa shape index (κ2) is 76.7. The molecule has 0 heterocycles. The number of nitrogens with zero attached hydrogens (tertiary/aromatic N) is 6. The van der Waals surface area contributed by atoms with Gasteiger partial charge in [-0.1, -0.05) is 13.8 Å². The average Bonchev–Trinajstić information content (AvgIpc) is 0.892. The van der Waals surface area contributed by atoms with Crippen LogP contribution < -0.4 is 49.2 Å². The van der Waals surface area contributed by atoms with Gasteiger partial charge in [0.15, 0.2) is 0 Å². The molecule has 0 rings (SSSR count). The van der Waals surface area contributed by atoms with Gasteiger partial charge in [-0.2, -0.15) is 0 Å². The molecule has 10 atom stereocenters. The normalized spacial score (nSPS) is 13.8. The molecule has 0 aliphatic rings. The van der Waals surface area contributed by atoms with Crippen molar-refractivity contribution in [3.63, 3.8) is 0 Å². The zero-order valence-electron chi connectivity index (χ0n) is 61.8. The molecule has 3 amide bonds. The SMILES string of the molecule is CCN(CCN(CCN(CCNI)C(CCCC(=O)NCC(O)CO)C(=O)[O-])C(C=O)CCCC(=O)NCC(O)CO)C(CCCC(=O)NCC(O)CO)C(=O)[O-].CCN(CCN(CCN(CCNI)C(CCCC(=O)O)C(=O)[O-])C(C=O)CCCC(=O)O)C(CCCC(=O)O)C(=O)[O-].NCC(O)CO.O.[Gd+3].[Gd+3].[OH-]. The Labute approximate surface area is 728 Å². The van der Waals surface area contributed by atoms with Gasteiger partial charge in [0.25, 0.3) is 0 Å². The maximum atomic E-state index is 12.5. The Morgan fingerprint density at radius 2 is 0.624 bits per heavy atom. The van der Waals surface area contributed by atoms with Crippen molar-refractivity contribution in [1.29, 1.82) is 0 Å². The smallest absolute Gasteiger partial charge is 0.870 e. The second-order valence-electron chi connectivity index (χ2n) is 24.4. The molecule has 109 heavy (non-hydrogen) atoms. The van der Waals surface area contributed by atoms with Crippen LogP contribution in [0, 0.1) is 79.9 Å². The van der Waals surface area contributed by atoms with Gasteiger partial charge in [-0.3, -0.25) is 65.2 Å². The van der Waals surface area contributed by atoms with Crippen LogP contribution in [-0.4, -0.2) is 374 Å². The first-order valence-corrected chi connectivity index (χ1v) is 37.2. The number of rotatable bonds is 67.